The number of nitrogens with zero attached hydrogens (tertiary/aromatic N) is 1. The molecule has 5 rings (SSSR count). The van der Waals surface area contributed by atoms with E-state index in [0.29, 0.717) is 0 Å². The van der Waals surface area contributed by atoms with Crippen molar-refractivity contribution in [3.63, 3.8) is 0 Å². The van der Waals surface area contributed by atoms with Gasteiger partial charge in [-0.25, -0.2) is 4.39 Å². The number of hydrogen-bond donors (Lipinski definition) is 1. The molecule has 1 amide bonds. The molecule has 31 heavy (non-hydrogen) atoms. The lowest BCUT2D eigenvalue weighted by Gasteiger charge is -2.28. The average molecular weight is 431 g/mol. The van der Waals surface area contributed by atoms with Gasteiger partial charge in [0.05, 0.1) is 5.56 Å². The molecule has 1 unspecified atom stereocenters. The van der Waals surface area contributed by atoms with Crippen molar-refractivity contribution >= 4 is 23.2 Å². The van der Waals surface area contributed by atoms with Crippen molar-refractivity contribution in [3.05, 3.63) is 107 Å². The molecule has 0 aromatic heterocycles. The van der Waals surface area contributed by atoms with Gasteiger partial charge in [0.2, 0.25) is 0 Å². The van der Waals surface area contributed by atoms with Crippen LogP contribution in [0.25, 0.3) is 5.57 Å². The maximum atomic E-state index is 13.2. The third kappa shape index (κ3) is 4.43. The van der Waals surface area contributed by atoms with Crippen molar-refractivity contribution in [1.82, 2.24) is 10.2 Å². The number of nitrogens with one attached hydrogen (secondary N) is 1. The molecule has 2 aliphatic heterocycles. The highest BCUT2D eigenvalue weighted by atomic mass is 32.2. The van der Waals surface area contributed by atoms with Crippen molar-refractivity contribution in [2.75, 3.05) is 13.1 Å². The summed E-state index contributed by atoms with van der Waals surface area (Å²) in [4.78, 5) is 15.9. The number of halogens is 1. The summed E-state index contributed by atoms with van der Waals surface area (Å²) in [6.45, 7) is 2.71. The Bertz CT molecular complexity index is 1140. The molecule has 156 valence electrons. The molecular formula is C26H23FN2OS. The first-order chi connectivity index (χ1) is 15.2. The lowest BCUT2D eigenvalue weighted by molar-refractivity contribution is 0.0943. The minimum atomic E-state index is -0.197. The molecule has 2 aliphatic rings. The number of carbonyl (C=O) groups excluding carboxylic acids is 1. The van der Waals surface area contributed by atoms with Crippen LogP contribution in [0.3, 0.4) is 0 Å². The second kappa shape index (κ2) is 8.69. The molecule has 1 N–H and O–H groups in total. The van der Waals surface area contributed by atoms with Gasteiger partial charge in [0.1, 0.15) is 11.2 Å². The number of benzene rings is 3. The fourth-order valence-electron chi connectivity index (χ4n) is 4.16. The molecule has 0 radical (unpaired) electrons. The summed E-state index contributed by atoms with van der Waals surface area (Å²) in [7, 11) is 0. The Hall–Kier alpha value is -2.89. The van der Waals surface area contributed by atoms with Gasteiger partial charge >= 0.3 is 0 Å². The maximum Gasteiger partial charge on any atom is 0.253 e. The fourth-order valence-corrected chi connectivity index (χ4v) is 5.30. The van der Waals surface area contributed by atoms with E-state index in [9.17, 15) is 9.18 Å². The Morgan fingerprint density at radius 3 is 2.68 bits per heavy atom. The fraction of sp³-hybridized carbons (Fsp3) is 0.192. The van der Waals surface area contributed by atoms with E-state index in [4.69, 9.17) is 0 Å². The van der Waals surface area contributed by atoms with Crippen LogP contribution >= 0.6 is 11.8 Å². The summed E-state index contributed by atoms with van der Waals surface area (Å²) in [5.74, 6) is -0.211. The largest absolute Gasteiger partial charge is 0.336 e. The zero-order valence-corrected chi connectivity index (χ0v) is 17.9. The summed E-state index contributed by atoms with van der Waals surface area (Å²) in [6, 6.07) is 23.0. The van der Waals surface area contributed by atoms with Crippen LogP contribution in [-0.4, -0.2) is 23.9 Å². The second-order valence-corrected chi connectivity index (χ2v) is 9.08. The molecule has 2 heterocycles. The Morgan fingerprint density at radius 1 is 1.03 bits per heavy atom. The summed E-state index contributed by atoms with van der Waals surface area (Å²) in [6.07, 6.45) is 3.20. The van der Waals surface area contributed by atoms with Gasteiger partial charge < -0.3 is 5.32 Å². The number of amides is 1. The zero-order valence-electron chi connectivity index (χ0n) is 17.1. The quantitative estimate of drug-likeness (QED) is 0.581. The molecule has 3 aromatic rings. The summed E-state index contributed by atoms with van der Waals surface area (Å²) in [5, 5.41) is 3.05. The van der Waals surface area contributed by atoms with Gasteiger partial charge in [0, 0.05) is 24.5 Å². The van der Waals surface area contributed by atoms with E-state index < -0.39 is 0 Å². The van der Waals surface area contributed by atoms with Gasteiger partial charge in [-0.05, 0) is 52.9 Å². The highest BCUT2D eigenvalue weighted by Gasteiger charge is 2.25. The van der Waals surface area contributed by atoms with Crippen molar-refractivity contribution in [2.24, 2.45) is 0 Å². The van der Waals surface area contributed by atoms with E-state index in [1.807, 2.05) is 36.4 Å². The first kappa shape index (κ1) is 20.0. The topological polar surface area (TPSA) is 32.3 Å². The Kier molecular flexibility index (Phi) is 5.62. The summed E-state index contributed by atoms with van der Waals surface area (Å²) >= 11 is 1.69. The van der Waals surface area contributed by atoms with Crippen LogP contribution in [0.5, 0.6) is 0 Å². The molecule has 0 bridgehead atoms. The van der Waals surface area contributed by atoms with E-state index in [0.717, 1.165) is 47.6 Å². The molecule has 0 spiro atoms. The Labute approximate surface area is 186 Å². The lowest BCUT2D eigenvalue weighted by atomic mass is 9.99. The zero-order chi connectivity index (χ0) is 21.2. The van der Waals surface area contributed by atoms with Crippen LogP contribution < -0.4 is 5.32 Å². The molecule has 5 heteroatoms. The molecule has 0 fully saturated rings. The van der Waals surface area contributed by atoms with E-state index >= 15 is 0 Å². The smallest absolute Gasteiger partial charge is 0.253 e. The van der Waals surface area contributed by atoms with Crippen LogP contribution in [0.15, 0.2) is 83.8 Å². The number of thioether (sulfide) groups is 1. The molecule has 0 saturated carbocycles. The molecule has 0 aliphatic carbocycles. The first-order valence-corrected chi connectivity index (χ1v) is 11.4. The maximum absolute atomic E-state index is 13.2. The van der Waals surface area contributed by atoms with Gasteiger partial charge in [0.15, 0.2) is 0 Å². The van der Waals surface area contributed by atoms with Crippen LogP contribution in [-0.2, 0) is 6.54 Å². The number of hydrogen-bond acceptors (Lipinski definition) is 3. The number of carbonyl (C=O) groups is 1. The van der Waals surface area contributed by atoms with Crippen molar-refractivity contribution in [2.45, 2.75) is 23.2 Å². The minimum Gasteiger partial charge on any atom is -0.336 e. The SMILES string of the molecule is O=C1NC(c2cccc(CN3CC=C(c4ccc(F)cc4)CC3)c2)Sc2ccccc21. The van der Waals surface area contributed by atoms with Crippen LogP contribution in [0.1, 0.15) is 38.8 Å². The highest BCUT2D eigenvalue weighted by Crippen LogP contribution is 2.39. The van der Waals surface area contributed by atoms with Crippen molar-refractivity contribution in [3.8, 4) is 0 Å². The van der Waals surface area contributed by atoms with Gasteiger partial charge in [-0.15, -0.1) is 0 Å². The molecule has 3 aromatic carbocycles. The molecule has 1 atom stereocenters. The number of rotatable bonds is 4. The first-order valence-electron chi connectivity index (χ1n) is 10.5. The van der Waals surface area contributed by atoms with Gasteiger partial charge in [-0.1, -0.05) is 66.4 Å². The van der Waals surface area contributed by atoms with E-state index in [1.54, 1.807) is 11.8 Å². The van der Waals surface area contributed by atoms with Gasteiger partial charge in [-0.3, -0.25) is 9.69 Å². The van der Waals surface area contributed by atoms with Gasteiger partial charge in [0.25, 0.3) is 5.91 Å². The molecular weight excluding hydrogens is 407 g/mol. The van der Waals surface area contributed by atoms with Crippen LogP contribution in [0.4, 0.5) is 4.39 Å². The lowest BCUT2D eigenvalue weighted by Crippen LogP contribution is -2.31. The Balaban J connectivity index is 1.26. The van der Waals surface area contributed by atoms with E-state index in [1.165, 1.54) is 23.3 Å². The summed E-state index contributed by atoms with van der Waals surface area (Å²) in [5.41, 5.74) is 5.49. The van der Waals surface area contributed by atoms with Crippen LogP contribution in [0.2, 0.25) is 0 Å². The van der Waals surface area contributed by atoms with Crippen molar-refractivity contribution < 1.29 is 9.18 Å². The van der Waals surface area contributed by atoms with Gasteiger partial charge in [-0.2, -0.15) is 0 Å². The minimum absolute atomic E-state index is 0.0146. The number of fused-ring (bicyclic) bond motifs is 1. The highest BCUT2D eigenvalue weighted by molar-refractivity contribution is 7.99. The molecule has 0 saturated heterocycles. The summed E-state index contributed by atoms with van der Waals surface area (Å²) < 4.78 is 13.2. The monoisotopic (exact) mass is 430 g/mol. The third-order valence-electron chi connectivity index (χ3n) is 5.81. The van der Waals surface area contributed by atoms with Crippen LogP contribution in [0, 0.1) is 5.82 Å². The predicted octanol–water partition coefficient (Wildman–Crippen LogP) is 5.65. The predicted molar refractivity (Wildman–Crippen MR) is 123 cm³/mol. The average Bonchev–Trinajstić information content (AvgIpc) is 2.80. The second-order valence-electron chi connectivity index (χ2n) is 7.93. The normalized spacial score (nSPS) is 18.8. The van der Waals surface area contributed by atoms with E-state index in [2.05, 4.69) is 40.6 Å². The standard InChI is InChI=1S/C26H23FN2OS/c27-22-10-8-19(9-11-22)20-12-14-29(15-13-20)17-18-4-3-5-21(16-18)26-28-25(30)23-6-1-2-7-24(23)31-26/h1-12,16,26H,13-15,17H2,(H,28,30). The van der Waals surface area contributed by atoms with E-state index in [-0.39, 0.29) is 17.1 Å². The molecule has 3 nitrogen and oxygen atoms in total. The third-order valence-corrected chi connectivity index (χ3v) is 7.04. The van der Waals surface area contributed by atoms with Crippen molar-refractivity contribution in [1.29, 1.82) is 0 Å². The Morgan fingerprint density at radius 2 is 1.87 bits per heavy atom.